The first kappa shape index (κ1) is 27.8. The van der Waals surface area contributed by atoms with Crippen molar-refractivity contribution in [2.75, 3.05) is 4.90 Å². The molecule has 0 unspecified atom stereocenters. The first-order chi connectivity index (χ1) is 23.8. The van der Waals surface area contributed by atoms with E-state index in [1.54, 1.807) is 0 Å². The molecule has 7 aromatic carbocycles. The van der Waals surface area contributed by atoms with Crippen LogP contribution in [0.4, 0.5) is 17.3 Å². The average molecular weight is 615 g/mol. The molecule has 0 radical (unpaired) electrons. The summed E-state index contributed by atoms with van der Waals surface area (Å²) >= 11 is 0. The smallest absolute Gasteiger partial charge is 0.234 e. The predicted octanol–water partition coefficient (Wildman–Crippen LogP) is 11.5. The van der Waals surface area contributed by atoms with Crippen molar-refractivity contribution in [2.24, 2.45) is 0 Å². The molecule has 0 spiro atoms. The van der Waals surface area contributed by atoms with Crippen LogP contribution in [0.15, 0.2) is 182 Å². The van der Waals surface area contributed by atoms with Gasteiger partial charge in [0.1, 0.15) is 0 Å². The van der Waals surface area contributed by atoms with Crippen LogP contribution < -0.4 is 4.90 Å². The Morgan fingerprint density at radius 2 is 0.979 bits per heavy atom. The molecule has 4 nitrogen and oxygen atoms in total. The van der Waals surface area contributed by atoms with E-state index >= 15 is 0 Å². The summed E-state index contributed by atoms with van der Waals surface area (Å²) < 4.78 is 2.37. The summed E-state index contributed by atoms with van der Waals surface area (Å²) in [6.07, 6.45) is 3.82. The van der Waals surface area contributed by atoms with Crippen molar-refractivity contribution in [2.45, 2.75) is 0 Å². The molecule has 0 bridgehead atoms. The van der Waals surface area contributed by atoms with E-state index < -0.39 is 0 Å². The Hall–Kier alpha value is -6.52. The number of rotatable bonds is 6. The van der Waals surface area contributed by atoms with E-state index in [2.05, 4.69) is 155 Å². The second-order valence-electron chi connectivity index (χ2n) is 12.0. The maximum absolute atomic E-state index is 4.92. The Morgan fingerprint density at radius 3 is 1.73 bits per heavy atom. The molecule has 9 rings (SSSR count). The van der Waals surface area contributed by atoms with Crippen molar-refractivity contribution in [3.63, 3.8) is 0 Å². The van der Waals surface area contributed by atoms with E-state index in [1.165, 1.54) is 32.6 Å². The van der Waals surface area contributed by atoms with Gasteiger partial charge in [-0.3, -0.25) is 4.90 Å². The van der Waals surface area contributed by atoms with Crippen molar-refractivity contribution in [3.8, 4) is 27.9 Å². The summed E-state index contributed by atoms with van der Waals surface area (Å²) in [6, 6.07) is 59.9. The lowest BCUT2D eigenvalue weighted by atomic mass is 10.1. The Morgan fingerprint density at radius 1 is 0.396 bits per heavy atom. The Kier molecular flexibility index (Phi) is 6.76. The second-order valence-corrected chi connectivity index (χ2v) is 12.0. The third kappa shape index (κ3) is 4.88. The zero-order valence-electron chi connectivity index (χ0n) is 26.1. The maximum atomic E-state index is 4.92. The number of hydrogen-bond acceptors (Lipinski definition) is 3. The van der Waals surface area contributed by atoms with Gasteiger partial charge >= 0.3 is 0 Å². The SMILES string of the molecule is c1ccc(-c2ccc(N(c3ccc4c(c3)c3ccccc3n4-c3ccc4ccccc4c3)c3ncc(-c4ccccc4)cn3)cc2)cc1. The molecule has 226 valence electrons. The number of benzene rings is 7. The molecule has 2 aromatic heterocycles. The Labute approximate surface area is 278 Å². The number of fused-ring (bicyclic) bond motifs is 4. The molecule has 2 heterocycles. The van der Waals surface area contributed by atoms with Crippen molar-refractivity contribution < 1.29 is 0 Å². The summed E-state index contributed by atoms with van der Waals surface area (Å²) in [5.41, 5.74) is 9.84. The van der Waals surface area contributed by atoms with Crippen molar-refractivity contribution >= 4 is 49.9 Å². The van der Waals surface area contributed by atoms with E-state index in [0.29, 0.717) is 5.95 Å². The summed E-state index contributed by atoms with van der Waals surface area (Å²) in [7, 11) is 0. The minimum atomic E-state index is 0.611. The van der Waals surface area contributed by atoms with Crippen LogP contribution in [0.25, 0.3) is 60.5 Å². The lowest BCUT2D eigenvalue weighted by molar-refractivity contribution is 1.08. The molecule has 48 heavy (non-hydrogen) atoms. The van der Waals surface area contributed by atoms with Gasteiger partial charge in [0.15, 0.2) is 0 Å². The second kappa shape index (κ2) is 11.7. The van der Waals surface area contributed by atoms with Crippen LogP contribution in [0.2, 0.25) is 0 Å². The minimum Gasteiger partial charge on any atom is -0.309 e. The highest BCUT2D eigenvalue weighted by molar-refractivity contribution is 6.11. The average Bonchev–Trinajstić information content (AvgIpc) is 3.50. The first-order valence-corrected chi connectivity index (χ1v) is 16.2. The van der Waals surface area contributed by atoms with Gasteiger partial charge < -0.3 is 4.57 Å². The van der Waals surface area contributed by atoms with Crippen molar-refractivity contribution in [1.29, 1.82) is 0 Å². The highest BCUT2D eigenvalue weighted by atomic mass is 15.3. The molecule has 0 aliphatic heterocycles. The van der Waals surface area contributed by atoms with Crippen LogP contribution in [0.1, 0.15) is 0 Å². The van der Waals surface area contributed by atoms with Gasteiger partial charge in [-0.25, -0.2) is 9.97 Å². The van der Waals surface area contributed by atoms with Gasteiger partial charge in [-0.15, -0.1) is 0 Å². The molecule has 0 aliphatic carbocycles. The summed E-state index contributed by atoms with van der Waals surface area (Å²) in [6.45, 7) is 0. The molecule has 0 atom stereocenters. The summed E-state index contributed by atoms with van der Waals surface area (Å²) in [4.78, 5) is 12.0. The summed E-state index contributed by atoms with van der Waals surface area (Å²) in [5.74, 6) is 0.611. The largest absolute Gasteiger partial charge is 0.309 e. The Bertz CT molecular complexity index is 2450. The molecule has 0 aliphatic rings. The molecule has 9 aromatic rings. The van der Waals surface area contributed by atoms with Crippen LogP contribution in [-0.2, 0) is 0 Å². The van der Waals surface area contributed by atoms with Gasteiger partial charge in [0.05, 0.1) is 11.0 Å². The maximum Gasteiger partial charge on any atom is 0.234 e. The number of para-hydroxylation sites is 1. The van der Waals surface area contributed by atoms with Crippen LogP contribution >= 0.6 is 0 Å². The minimum absolute atomic E-state index is 0.611. The Balaban J connectivity index is 1.20. The van der Waals surface area contributed by atoms with E-state index in [4.69, 9.17) is 9.97 Å². The van der Waals surface area contributed by atoms with Gasteiger partial charge in [0.2, 0.25) is 5.95 Å². The quantitative estimate of drug-likeness (QED) is 0.187. The van der Waals surface area contributed by atoms with Gasteiger partial charge in [0.25, 0.3) is 0 Å². The normalized spacial score (nSPS) is 11.3. The molecule has 0 saturated heterocycles. The fraction of sp³-hybridized carbons (Fsp3) is 0. The van der Waals surface area contributed by atoms with Crippen LogP contribution in [-0.4, -0.2) is 14.5 Å². The van der Waals surface area contributed by atoms with Gasteiger partial charge in [-0.2, -0.15) is 0 Å². The fourth-order valence-electron chi connectivity index (χ4n) is 6.72. The lowest BCUT2D eigenvalue weighted by Gasteiger charge is -2.24. The number of anilines is 3. The van der Waals surface area contributed by atoms with Gasteiger partial charge in [-0.1, -0.05) is 121 Å². The van der Waals surface area contributed by atoms with Crippen molar-refractivity contribution in [1.82, 2.24) is 14.5 Å². The first-order valence-electron chi connectivity index (χ1n) is 16.2. The highest BCUT2D eigenvalue weighted by Crippen LogP contribution is 2.39. The highest BCUT2D eigenvalue weighted by Gasteiger charge is 2.19. The zero-order valence-corrected chi connectivity index (χ0v) is 26.1. The third-order valence-corrected chi connectivity index (χ3v) is 9.08. The van der Waals surface area contributed by atoms with E-state index in [-0.39, 0.29) is 0 Å². The van der Waals surface area contributed by atoms with E-state index in [0.717, 1.165) is 39.3 Å². The number of aromatic nitrogens is 3. The van der Waals surface area contributed by atoms with Crippen molar-refractivity contribution in [3.05, 3.63) is 182 Å². The molecule has 4 heteroatoms. The van der Waals surface area contributed by atoms with Crippen LogP contribution in [0.5, 0.6) is 0 Å². The molecule has 0 saturated carbocycles. The van der Waals surface area contributed by atoms with Gasteiger partial charge in [-0.05, 0) is 76.0 Å². The fourth-order valence-corrected chi connectivity index (χ4v) is 6.72. The van der Waals surface area contributed by atoms with Crippen LogP contribution in [0.3, 0.4) is 0 Å². The molecule has 0 amide bonds. The monoisotopic (exact) mass is 614 g/mol. The predicted molar refractivity (Wildman–Crippen MR) is 199 cm³/mol. The van der Waals surface area contributed by atoms with Gasteiger partial charge in [0, 0.05) is 45.8 Å². The third-order valence-electron chi connectivity index (χ3n) is 9.08. The summed E-state index contributed by atoms with van der Waals surface area (Å²) in [5, 5.41) is 4.82. The number of hydrogen-bond donors (Lipinski definition) is 0. The molecule has 0 N–H and O–H groups in total. The van der Waals surface area contributed by atoms with E-state index in [9.17, 15) is 0 Å². The molecular formula is C44H30N4. The standard InChI is InChI=1S/C44H30N4/c1-3-11-31(12-4-1)34-19-22-37(23-20-34)47(44-45-29-36(30-46-44)32-13-5-2-6-14-32)39-25-26-43-41(28-39)40-17-9-10-18-42(40)48(43)38-24-21-33-15-7-8-16-35(33)27-38/h1-30H. The zero-order chi connectivity index (χ0) is 31.9. The molecule has 0 fully saturated rings. The number of nitrogens with zero attached hydrogens (tertiary/aromatic N) is 4. The topological polar surface area (TPSA) is 34.0 Å². The molecular weight excluding hydrogens is 585 g/mol. The van der Waals surface area contributed by atoms with E-state index in [1.807, 2.05) is 36.7 Å². The van der Waals surface area contributed by atoms with Crippen LogP contribution in [0, 0.1) is 0 Å². The lowest BCUT2D eigenvalue weighted by Crippen LogP contribution is -2.13.